The van der Waals surface area contributed by atoms with Crippen LogP contribution in [0.3, 0.4) is 0 Å². The molecule has 2 amide bonds. The van der Waals surface area contributed by atoms with E-state index in [2.05, 4.69) is 10.6 Å². The average Bonchev–Trinajstić information content (AvgIpc) is 3.11. The van der Waals surface area contributed by atoms with Gasteiger partial charge in [-0.15, -0.1) is 0 Å². The van der Waals surface area contributed by atoms with Crippen LogP contribution in [-0.2, 0) is 4.74 Å². The monoisotopic (exact) mass is 318 g/mol. The van der Waals surface area contributed by atoms with Gasteiger partial charge in [0, 0.05) is 30.5 Å². The van der Waals surface area contributed by atoms with E-state index >= 15 is 0 Å². The summed E-state index contributed by atoms with van der Waals surface area (Å²) in [6, 6.07) is 6.91. The third-order valence-corrected chi connectivity index (χ3v) is 5.48. The summed E-state index contributed by atoms with van der Waals surface area (Å²) < 4.78 is 19.0. The van der Waals surface area contributed by atoms with Crippen LogP contribution in [0.5, 0.6) is 0 Å². The smallest absolute Gasteiger partial charge is 0.315 e. The Bertz CT molecular complexity index is 594. The molecule has 4 rings (SSSR count). The molecule has 1 aliphatic heterocycles. The van der Waals surface area contributed by atoms with Gasteiger partial charge in [0.25, 0.3) is 0 Å². The highest BCUT2D eigenvalue weighted by Gasteiger charge is 2.41. The summed E-state index contributed by atoms with van der Waals surface area (Å²) >= 11 is 0. The molecular weight excluding hydrogens is 295 g/mol. The van der Waals surface area contributed by atoms with Crippen molar-refractivity contribution in [3.63, 3.8) is 0 Å². The number of carbonyl (C=O) groups is 1. The Labute approximate surface area is 135 Å². The highest BCUT2D eigenvalue weighted by molar-refractivity contribution is 5.75. The van der Waals surface area contributed by atoms with E-state index < -0.39 is 0 Å². The number of hydrogen-bond donors (Lipinski definition) is 2. The van der Waals surface area contributed by atoms with E-state index in [9.17, 15) is 9.18 Å². The zero-order chi connectivity index (χ0) is 15.8. The Morgan fingerprint density at radius 3 is 2.91 bits per heavy atom. The maximum absolute atomic E-state index is 13.3. The molecule has 23 heavy (non-hydrogen) atoms. The topological polar surface area (TPSA) is 50.4 Å². The number of carbonyl (C=O) groups excluding carboxylic acids is 1. The SMILES string of the molecule is O=C(N[C@@H]1CCC[C@@H]2OCC[C@@H]21)N[C@@H]1C[C@@H]1c1cccc(F)c1. The maximum Gasteiger partial charge on any atom is 0.315 e. The van der Waals surface area contributed by atoms with Gasteiger partial charge in [0.1, 0.15) is 5.82 Å². The number of nitrogens with one attached hydrogen (secondary N) is 2. The lowest BCUT2D eigenvalue weighted by Gasteiger charge is -2.33. The summed E-state index contributed by atoms with van der Waals surface area (Å²) in [6.45, 7) is 0.819. The highest BCUT2D eigenvalue weighted by atomic mass is 19.1. The van der Waals surface area contributed by atoms with Crippen LogP contribution in [0.15, 0.2) is 24.3 Å². The molecule has 0 spiro atoms. The van der Waals surface area contributed by atoms with E-state index in [0.717, 1.165) is 44.3 Å². The second-order valence-electron chi connectivity index (χ2n) is 7.02. The van der Waals surface area contributed by atoms with Gasteiger partial charge in [-0.1, -0.05) is 12.1 Å². The van der Waals surface area contributed by atoms with Crippen molar-refractivity contribution in [3.8, 4) is 0 Å². The predicted molar refractivity (Wildman–Crippen MR) is 84.7 cm³/mol. The van der Waals surface area contributed by atoms with Gasteiger partial charge >= 0.3 is 6.03 Å². The number of hydrogen-bond acceptors (Lipinski definition) is 2. The normalized spacial score (nSPS) is 35.4. The average molecular weight is 318 g/mol. The Morgan fingerprint density at radius 1 is 1.17 bits per heavy atom. The molecule has 0 bridgehead atoms. The molecule has 0 radical (unpaired) electrons. The van der Waals surface area contributed by atoms with Crippen LogP contribution in [0.25, 0.3) is 0 Å². The first-order valence-electron chi connectivity index (χ1n) is 8.65. The van der Waals surface area contributed by atoms with Crippen molar-refractivity contribution in [2.75, 3.05) is 6.61 Å². The fourth-order valence-corrected chi connectivity index (χ4v) is 4.19. The largest absolute Gasteiger partial charge is 0.378 e. The van der Waals surface area contributed by atoms with Crippen molar-refractivity contribution < 1.29 is 13.9 Å². The molecular formula is C18H23FN2O2. The Kier molecular flexibility index (Phi) is 3.97. The van der Waals surface area contributed by atoms with Crippen LogP contribution in [0.1, 0.15) is 43.6 Å². The first-order chi connectivity index (χ1) is 11.2. The number of ether oxygens (including phenoxy) is 1. The second-order valence-corrected chi connectivity index (χ2v) is 7.02. The van der Waals surface area contributed by atoms with Gasteiger partial charge in [-0.25, -0.2) is 9.18 Å². The third-order valence-electron chi connectivity index (χ3n) is 5.48. The predicted octanol–water partition coefficient (Wildman–Crippen LogP) is 2.94. The molecule has 2 aliphatic carbocycles. The second kappa shape index (κ2) is 6.11. The molecule has 5 heteroatoms. The quantitative estimate of drug-likeness (QED) is 0.900. The summed E-state index contributed by atoms with van der Waals surface area (Å²) in [5.41, 5.74) is 0.970. The van der Waals surface area contributed by atoms with Crippen LogP contribution in [-0.4, -0.2) is 30.8 Å². The minimum Gasteiger partial charge on any atom is -0.378 e. The summed E-state index contributed by atoms with van der Waals surface area (Å²) in [5, 5.41) is 6.18. The van der Waals surface area contributed by atoms with Crippen molar-refractivity contribution in [2.24, 2.45) is 5.92 Å². The maximum atomic E-state index is 13.3. The Hall–Kier alpha value is -1.62. The minimum absolute atomic E-state index is 0.0912. The molecule has 5 atom stereocenters. The van der Waals surface area contributed by atoms with Crippen molar-refractivity contribution in [1.29, 1.82) is 0 Å². The number of rotatable bonds is 3. The molecule has 4 nitrogen and oxygen atoms in total. The van der Waals surface area contributed by atoms with E-state index in [1.165, 1.54) is 6.07 Å². The van der Waals surface area contributed by atoms with Gasteiger partial charge in [-0.3, -0.25) is 0 Å². The zero-order valence-electron chi connectivity index (χ0n) is 13.1. The van der Waals surface area contributed by atoms with E-state index in [-0.39, 0.29) is 29.8 Å². The summed E-state index contributed by atoms with van der Waals surface area (Å²) in [4.78, 5) is 12.3. The number of urea groups is 1. The van der Waals surface area contributed by atoms with E-state index in [1.807, 2.05) is 6.07 Å². The van der Waals surface area contributed by atoms with Crippen molar-refractivity contribution in [2.45, 2.75) is 56.2 Å². The number of benzene rings is 1. The Morgan fingerprint density at radius 2 is 2.04 bits per heavy atom. The molecule has 1 aromatic rings. The van der Waals surface area contributed by atoms with Crippen molar-refractivity contribution in [3.05, 3.63) is 35.6 Å². The molecule has 0 unspecified atom stereocenters. The lowest BCUT2D eigenvalue weighted by Crippen LogP contribution is -2.49. The first-order valence-corrected chi connectivity index (χ1v) is 8.65. The van der Waals surface area contributed by atoms with Crippen LogP contribution < -0.4 is 10.6 Å². The highest BCUT2D eigenvalue weighted by Crippen LogP contribution is 2.41. The van der Waals surface area contributed by atoms with Crippen LogP contribution in [0, 0.1) is 11.7 Å². The van der Waals surface area contributed by atoms with Gasteiger partial charge in [-0.2, -0.15) is 0 Å². The minimum atomic E-state index is -0.216. The van der Waals surface area contributed by atoms with Gasteiger partial charge in [0.05, 0.1) is 6.10 Å². The van der Waals surface area contributed by atoms with E-state index in [4.69, 9.17) is 4.74 Å². The standard InChI is InChI=1S/C18H23FN2O2/c19-12-4-1-3-11(9-12)14-10-16(14)21-18(22)20-15-5-2-6-17-13(15)7-8-23-17/h1,3-4,9,13-17H,2,5-8,10H2,(H2,20,21,22)/t13-,14-,15-,16-,17+/m1/s1. The van der Waals surface area contributed by atoms with Crippen molar-refractivity contribution in [1.82, 2.24) is 10.6 Å². The van der Waals surface area contributed by atoms with Gasteiger partial charge in [0.15, 0.2) is 0 Å². The van der Waals surface area contributed by atoms with Crippen LogP contribution in [0.4, 0.5) is 9.18 Å². The van der Waals surface area contributed by atoms with E-state index in [1.54, 1.807) is 12.1 Å². The number of amides is 2. The van der Waals surface area contributed by atoms with Gasteiger partial charge in [-0.05, 0) is 49.8 Å². The third kappa shape index (κ3) is 3.20. The lowest BCUT2D eigenvalue weighted by atomic mass is 9.82. The summed E-state index contributed by atoms with van der Waals surface area (Å²) in [5.74, 6) is 0.491. The molecule has 1 saturated heterocycles. The number of halogens is 1. The summed E-state index contributed by atoms with van der Waals surface area (Å²) in [7, 11) is 0. The fraction of sp³-hybridized carbons (Fsp3) is 0.611. The first kappa shape index (κ1) is 14.9. The van der Waals surface area contributed by atoms with Crippen molar-refractivity contribution >= 4 is 6.03 Å². The molecule has 1 aromatic carbocycles. The Balaban J connectivity index is 1.29. The lowest BCUT2D eigenvalue weighted by molar-refractivity contribution is 0.0549. The molecule has 3 aliphatic rings. The molecule has 124 valence electrons. The molecule has 0 aromatic heterocycles. The summed E-state index contributed by atoms with van der Waals surface area (Å²) in [6.07, 6.45) is 5.53. The molecule has 2 N–H and O–H groups in total. The molecule has 3 fully saturated rings. The van der Waals surface area contributed by atoms with E-state index in [0.29, 0.717) is 12.0 Å². The molecule has 2 saturated carbocycles. The fourth-order valence-electron chi connectivity index (χ4n) is 4.19. The van der Waals surface area contributed by atoms with Crippen LogP contribution >= 0.6 is 0 Å². The van der Waals surface area contributed by atoms with Gasteiger partial charge < -0.3 is 15.4 Å². The van der Waals surface area contributed by atoms with Gasteiger partial charge in [0.2, 0.25) is 0 Å². The van der Waals surface area contributed by atoms with Crippen LogP contribution in [0.2, 0.25) is 0 Å². The molecule has 1 heterocycles. The number of fused-ring (bicyclic) bond motifs is 1. The zero-order valence-corrected chi connectivity index (χ0v) is 13.1.